The molecule has 0 atom stereocenters. The maximum absolute atomic E-state index is 13.0. The molecular formula is C23H22N2O5S. The highest BCUT2D eigenvalue weighted by atomic mass is 32.2. The van der Waals surface area contributed by atoms with E-state index >= 15 is 0 Å². The lowest BCUT2D eigenvalue weighted by Gasteiger charge is -2.13. The molecule has 0 saturated carbocycles. The summed E-state index contributed by atoms with van der Waals surface area (Å²) >= 11 is 1.18. The number of ether oxygens (including phenoxy) is 2. The third kappa shape index (κ3) is 4.97. The maximum atomic E-state index is 13.0. The smallest absolute Gasteiger partial charge is 0.337 e. The number of hydrogen-bond acceptors (Lipinski definition) is 6. The highest BCUT2D eigenvalue weighted by Gasteiger charge is 2.33. The second-order valence-electron chi connectivity index (χ2n) is 6.38. The summed E-state index contributed by atoms with van der Waals surface area (Å²) in [7, 11) is 1.56. The number of nitrogens with zero attached hydrogens (tertiary/aromatic N) is 2. The van der Waals surface area contributed by atoms with E-state index in [1.165, 1.54) is 22.7 Å². The van der Waals surface area contributed by atoms with Gasteiger partial charge in [-0.25, -0.2) is 9.79 Å². The molecule has 2 aromatic carbocycles. The Hall–Kier alpha value is -3.52. The lowest BCUT2D eigenvalue weighted by atomic mass is 10.2. The van der Waals surface area contributed by atoms with Crippen molar-refractivity contribution in [3.63, 3.8) is 0 Å². The second-order valence-corrected chi connectivity index (χ2v) is 7.38. The van der Waals surface area contributed by atoms with Crippen LogP contribution in [0.15, 0.2) is 65.0 Å². The molecule has 7 nitrogen and oxygen atoms in total. The number of methoxy groups -OCH3 is 1. The van der Waals surface area contributed by atoms with Gasteiger partial charge in [0.05, 0.1) is 29.9 Å². The van der Waals surface area contributed by atoms with E-state index in [1.807, 2.05) is 13.0 Å². The van der Waals surface area contributed by atoms with E-state index in [4.69, 9.17) is 9.47 Å². The minimum absolute atomic E-state index is 0.0651. The molecule has 1 aliphatic heterocycles. The van der Waals surface area contributed by atoms with Gasteiger partial charge in [0.2, 0.25) is 0 Å². The van der Waals surface area contributed by atoms with Crippen molar-refractivity contribution in [2.75, 3.05) is 20.3 Å². The number of hydrogen-bond donors (Lipinski definition) is 1. The van der Waals surface area contributed by atoms with Gasteiger partial charge in [-0.2, -0.15) is 0 Å². The molecule has 31 heavy (non-hydrogen) atoms. The molecule has 0 aliphatic carbocycles. The number of amidine groups is 1. The average Bonchev–Trinajstić information content (AvgIpc) is 3.04. The SMILES string of the molecule is C=CCN1C(=O)/C(=C/c2ccc(OCC)c(OC)c2)SC1=Nc1ccccc1C(=O)O. The van der Waals surface area contributed by atoms with Crippen LogP contribution in [0, 0.1) is 0 Å². The third-order valence-corrected chi connectivity index (χ3v) is 5.34. The molecule has 160 valence electrons. The van der Waals surface area contributed by atoms with Crippen LogP contribution in [0.25, 0.3) is 6.08 Å². The molecule has 1 saturated heterocycles. The Balaban J connectivity index is 1.98. The summed E-state index contributed by atoms with van der Waals surface area (Å²) in [5.74, 6) is -0.122. The van der Waals surface area contributed by atoms with Crippen LogP contribution >= 0.6 is 11.8 Å². The lowest BCUT2D eigenvalue weighted by Crippen LogP contribution is -2.29. The molecule has 0 aromatic heterocycles. The molecule has 1 N–H and O–H groups in total. The van der Waals surface area contributed by atoms with Crippen LogP contribution in [0.1, 0.15) is 22.8 Å². The molecule has 0 spiro atoms. The number of amides is 1. The van der Waals surface area contributed by atoms with E-state index < -0.39 is 5.97 Å². The molecule has 3 rings (SSSR count). The molecule has 2 aromatic rings. The summed E-state index contributed by atoms with van der Waals surface area (Å²) < 4.78 is 10.9. The molecule has 0 radical (unpaired) electrons. The molecule has 0 unspecified atom stereocenters. The van der Waals surface area contributed by atoms with Gasteiger partial charge >= 0.3 is 5.97 Å². The average molecular weight is 439 g/mol. The molecule has 8 heteroatoms. The first-order valence-electron chi connectivity index (χ1n) is 9.52. The van der Waals surface area contributed by atoms with Crippen LogP contribution in [0.3, 0.4) is 0 Å². The van der Waals surface area contributed by atoms with Crippen molar-refractivity contribution in [1.82, 2.24) is 4.90 Å². The Morgan fingerprint density at radius 2 is 2.03 bits per heavy atom. The van der Waals surface area contributed by atoms with E-state index in [9.17, 15) is 14.7 Å². The van der Waals surface area contributed by atoms with E-state index in [0.29, 0.717) is 28.2 Å². The highest BCUT2D eigenvalue weighted by molar-refractivity contribution is 8.18. The molecule has 1 amide bonds. The lowest BCUT2D eigenvalue weighted by molar-refractivity contribution is -0.121. The quantitative estimate of drug-likeness (QED) is 0.479. The van der Waals surface area contributed by atoms with Crippen LogP contribution in [-0.2, 0) is 4.79 Å². The normalized spacial score (nSPS) is 16.1. The molecular weight excluding hydrogens is 416 g/mol. The minimum atomic E-state index is -1.08. The fourth-order valence-corrected chi connectivity index (χ4v) is 3.94. The number of aliphatic imine (C=N–C) groups is 1. The van der Waals surface area contributed by atoms with Crippen molar-refractivity contribution in [1.29, 1.82) is 0 Å². The van der Waals surface area contributed by atoms with Crippen molar-refractivity contribution < 1.29 is 24.2 Å². The van der Waals surface area contributed by atoms with Crippen molar-refractivity contribution in [3.05, 3.63) is 71.2 Å². The predicted octanol–water partition coefficient (Wildman–Crippen LogP) is 4.58. The number of carbonyl (C=O) groups excluding carboxylic acids is 1. The van der Waals surface area contributed by atoms with Crippen molar-refractivity contribution in [2.45, 2.75) is 6.92 Å². The third-order valence-electron chi connectivity index (χ3n) is 4.34. The van der Waals surface area contributed by atoms with Crippen molar-refractivity contribution in [3.8, 4) is 11.5 Å². The largest absolute Gasteiger partial charge is 0.493 e. The minimum Gasteiger partial charge on any atom is -0.493 e. The van der Waals surface area contributed by atoms with E-state index in [2.05, 4.69) is 11.6 Å². The Labute approximate surface area is 184 Å². The summed E-state index contributed by atoms with van der Waals surface area (Å²) in [6.07, 6.45) is 3.34. The van der Waals surface area contributed by atoms with Crippen molar-refractivity contribution in [2.24, 2.45) is 4.99 Å². The van der Waals surface area contributed by atoms with Crippen LogP contribution in [0.4, 0.5) is 5.69 Å². The van der Waals surface area contributed by atoms with Gasteiger partial charge in [0.15, 0.2) is 16.7 Å². The van der Waals surface area contributed by atoms with Gasteiger partial charge in [0.1, 0.15) is 0 Å². The summed E-state index contributed by atoms with van der Waals surface area (Å²) in [5.41, 5.74) is 1.11. The van der Waals surface area contributed by atoms with Gasteiger partial charge in [-0.05, 0) is 54.6 Å². The first-order valence-corrected chi connectivity index (χ1v) is 10.3. The number of para-hydroxylation sites is 1. The predicted molar refractivity (Wildman–Crippen MR) is 122 cm³/mol. The number of benzene rings is 2. The van der Waals surface area contributed by atoms with Crippen LogP contribution < -0.4 is 9.47 Å². The number of rotatable bonds is 8. The van der Waals surface area contributed by atoms with Gasteiger partial charge in [-0.1, -0.05) is 24.3 Å². The second kappa shape index (κ2) is 9.99. The Morgan fingerprint density at radius 3 is 2.71 bits per heavy atom. The van der Waals surface area contributed by atoms with E-state index in [0.717, 1.165) is 5.56 Å². The van der Waals surface area contributed by atoms with Gasteiger partial charge in [0.25, 0.3) is 5.91 Å². The zero-order chi connectivity index (χ0) is 22.4. The van der Waals surface area contributed by atoms with Gasteiger partial charge < -0.3 is 14.6 Å². The van der Waals surface area contributed by atoms with E-state index in [-0.39, 0.29) is 23.7 Å². The zero-order valence-corrected chi connectivity index (χ0v) is 18.0. The fraction of sp³-hybridized carbons (Fsp3) is 0.174. The Bertz CT molecular complexity index is 1080. The van der Waals surface area contributed by atoms with E-state index in [1.54, 1.807) is 49.6 Å². The summed E-state index contributed by atoms with van der Waals surface area (Å²) in [6, 6.07) is 11.8. The summed E-state index contributed by atoms with van der Waals surface area (Å²) in [4.78, 5) is 30.9. The van der Waals surface area contributed by atoms with Crippen LogP contribution in [0.5, 0.6) is 11.5 Å². The number of carboxylic acid groups (broad SMARTS) is 1. The van der Waals surface area contributed by atoms with Crippen LogP contribution in [-0.4, -0.2) is 47.3 Å². The standard InChI is InChI=1S/C23H22N2O5S/c1-4-12-25-21(26)20(14-15-10-11-18(30-5-2)19(13-15)29-3)31-23(25)24-17-9-7-6-8-16(17)22(27)28/h4,6-11,13-14H,1,5,12H2,2-3H3,(H,27,28)/b20-14-,24-23?. The Kier molecular flexibility index (Phi) is 7.15. The molecule has 0 bridgehead atoms. The van der Waals surface area contributed by atoms with Gasteiger partial charge in [0, 0.05) is 6.54 Å². The zero-order valence-electron chi connectivity index (χ0n) is 17.2. The molecule has 1 heterocycles. The Morgan fingerprint density at radius 1 is 1.26 bits per heavy atom. The number of thioether (sulfide) groups is 1. The summed E-state index contributed by atoms with van der Waals surface area (Å²) in [6.45, 7) is 6.36. The number of carbonyl (C=O) groups is 2. The monoisotopic (exact) mass is 438 g/mol. The maximum Gasteiger partial charge on any atom is 0.337 e. The highest BCUT2D eigenvalue weighted by Crippen LogP contribution is 2.36. The molecule has 1 fully saturated rings. The molecule has 1 aliphatic rings. The first-order chi connectivity index (χ1) is 15.0. The fourth-order valence-electron chi connectivity index (χ4n) is 2.94. The number of carboxylic acids is 1. The topological polar surface area (TPSA) is 88.4 Å². The summed E-state index contributed by atoms with van der Waals surface area (Å²) in [5, 5.41) is 9.80. The number of aromatic carboxylic acids is 1. The van der Waals surface area contributed by atoms with Gasteiger partial charge in [-0.15, -0.1) is 6.58 Å². The van der Waals surface area contributed by atoms with Crippen molar-refractivity contribution >= 4 is 40.6 Å². The van der Waals surface area contributed by atoms with Gasteiger partial charge in [-0.3, -0.25) is 9.69 Å². The van der Waals surface area contributed by atoms with Crippen LogP contribution in [0.2, 0.25) is 0 Å². The first kappa shape index (κ1) is 22.2.